The molecule has 0 saturated heterocycles. The molecular formula is C20H17NO4. The van der Waals surface area contributed by atoms with Crippen molar-refractivity contribution in [2.75, 3.05) is 13.7 Å². The van der Waals surface area contributed by atoms with Gasteiger partial charge in [-0.25, -0.2) is 4.79 Å². The smallest absolute Gasteiger partial charge is 0.331 e. The van der Waals surface area contributed by atoms with Gasteiger partial charge in [-0.05, 0) is 29.8 Å². The second kappa shape index (κ2) is 7.49. The lowest BCUT2D eigenvalue weighted by Gasteiger charge is -2.01. The largest absolute Gasteiger partial charge is 0.497 e. The van der Waals surface area contributed by atoms with Crippen LogP contribution >= 0.6 is 0 Å². The second-order valence-electron chi connectivity index (χ2n) is 5.39. The molecule has 25 heavy (non-hydrogen) atoms. The van der Waals surface area contributed by atoms with Crippen LogP contribution in [0.2, 0.25) is 0 Å². The highest BCUT2D eigenvalue weighted by atomic mass is 16.5. The maximum Gasteiger partial charge on any atom is 0.331 e. The number of carbonyl (C=O) groups is 2. The van der Waals surface area contributed by atoms with Crippen molar-refractivity contribution in [2.24, 2.45) is 0 Å². The Balaban J connectivity index is 1.58. The molecule has 0 aliphatic rings. The van der Waals surface area contributed by atoms with Crippen molar-refractivity contribution >= 4 is 28.7 Å². The van der Waals surface area contributed by atoms with Gasteiger partial charge >= 0.3 is 5.97 Å². The van der Waals surface area contributed by atoms with Gasteiger partial charge in [-0.2, -0.15) is 0 Å². The Bertz CT molecular complexity index is 922. The number of nitrogens with one attached hydrogen (secondary N) is 1. The Morgan fingerprint density at radius 1 is 1.08 bits per heavy atom. The van der Waals surface area contributed by atoms with Crippen LogP contribution in [0, 0.1) is 0 Å². The van der Waals surface area contributed by atoms with Crippen LogP contribution < -0.4 is 4.74 Å². The number of ether oxygens (including phenoxy) is 2. The van der Waals surface area contributed by atoms with Crippen LogP contribution in [0.25, 0.3) is 17.0 Å². The molecule has 1 N–H and O–H groups in total. The number of hydrogen-bond acceptors (Lipinski definition) is 4. The number of esters is 1. The first-order chi connectivity index (χ1) is 12.2. The van der Waals surface area contributed by atoms with Gasteiger partial charge < -0.3 is 14.5 Å². The number of Topliss-reactive ketones (excluding diaryl/α,β-unsaturated/α-hetero) is 1. The SMILES string of the molecule is COc1ccc(/C=C/C(=O)OCC(=O)c2c[nH]c3ccccc23)cc1. The van der Waals surface area contributed by atoms with Crippen molar-refractivity contribution in [3.8, 4) is 5.75 Å². The lowest BCUT2D eigenvalue weighted by molar-refractivity contribution is -0.136. The quantitative estimate of drug-likeness (QED) is 0.424. The molecule has 2 aromatic carbocycles. The number of H-pyrrole nitrogens is 1. The Labute approximate surface area is 144 Å². The lowest BCUT2D eigenvalue weighted by Crippen LogP contribution is -2.12. The molecule has 126 valence electrons. The lowest BCUT2D eigenvalue weighted by atomic mass is 10.1. The summed E-state index contributed by atoms with van der Waals surface area (Å²) in [5.74, 6) is -0.0725. The van der Waals surface area contributed by atoms with Crippen LogP contribution in [0.1, 0.15) is 15.9 Å². The number of rotatable bonds is 6. The number of ketones is 1. The molecule has 0 saturated carbocycles. The van der Waals surface area contributed by atoms with E-state index in [0.717, 1.165) is 22.2 Å². The van der Waals surface area contributed by atoms with Crippen LogP contribution in [-0.2, 0) is 9.53 Å². The van der Waals surface area contributed by atoms with Gasteiger partial charge in [0, 0.05) is 28.7 Å². The summed E-state index contributed by atoms with van der Waals surface area (Å²) in [6.45, 7) is -0.298. The fourth-order valence-electron chi connectivity index (χ4n) is 2.44. The number of benzene rings is 2. The van der Waals surface area contributed by atoms with Crippen molar-refractivity contribution in [2.45, 2.75) is 0 Å². The normalized spacial score (nSPS) is 10.9. The zero-order valence-electron chi connectivity index (χ0n) is 13.7. The van der Waals surface area contributed by atoms with E-state index in [1.807, 2.05) is 36.4 Å². The molecule has 0 bridgehead atoms. The minimum absolute atomic E-state index is 0.247. The van der Waals surface area contributed by atoms with E-state index in [9.17, 15) is 9.59 Å². The minimum atomic E-state index is -0.566. The average molecular weight is 335 g/mol. The van der Waals surface area contributed by atoms with E-state index in [4.69, 9.17) is 9.47 Å². The molecule has 1 heterocycles. The van der Waals surface area contributed by atoms with E-state index in [0.29, 0.717) is 5.56 Å². The standard InChI is InChI=1S/C20H17NO4/c1-24-15-9-6-14(7-10-15)8-11-20(23)25-13-19(22)17-12-21-18-5-3-2-4-16(17)18/h2-12,21H,13H2,1H3/b11-8+. The number of fused-ring (bicyclic) bond motifs is 1. The monoisotopic (exact) mass is 335 g/mol. The highest BCUT2D eigenvalue weighted by Crippen LogP contribution is 2.18. The summed E-state index contributed by atoms with van der Waals surface area (Å²) in [5.41, 5.74) is 2.22. The predicted molar refractivity (Wildman–Crippen MR) is 95.6 cm³/mol. The van der Waals surface area contributed by atoms with Crippen molar-refractivity contribution < 1.29 is 19.1 Å². The molecule has 0 aliphatic heterocycles. The summed E-state index contributed by atoms with van der Waals surface area (Å²) in [5, 5.41) is 0.817. The Hall–Kier alpha value is -3.34. The number of carbonyl (C=O) groups excluding carboxylic acids is 2. The molecule has 5 heteroatoms. The van der Waals surface area contributed by atoms with Crippen molar-refractivity contribution in [3.63, 3.8) is 0 Å². The van der Waals surface area contributed by atoms with Gasteiger partial charge in [-0.1, -0.05) is 30.3 Å². The van der Waals surface area contributed by atoms with Crippen molar-refractivity contribution in [1.29, 1.82) is 0 Å². The second-order valence-corrected chi connectivity index (χ2v) is 5.39. The highest BCUT2D eigenvalue weighted by molar-refractivity contribution is 6.09. The van der Waals surface area contributed by atoms with Crippen molar-refractivity contribution in [3.05, 3.63) is 71.9 Å². The molecule has 1 aromatic heterocycles. The zero-order valence-corrected chi connectivity index (χ0v) is 13.7. The first-order valence-corrected chi connectivity index (χ1v) is 7.75. The van der Waals surface area contributed by atoms with Crippen molar-refractivity contribution in [1.82, 2.24) is 4.98 Å². The number of aromatic nitrogens is 1. The van der Waals surface area contributed by atoms with Gasteiger partial charge in [0.05, 0.1) is 7.11 Å². The predicted octanol–water partition coefficient (Wildman–Crippen LogP) is 3.62. The maximum absolute atomic E-state index is 12.2. The van der Waals surface area contributed by atoms with E-state index < -0.39 is 5.97 Å². The summed E-state index contributed by atoms with van der Waals surface area (Å²) in [4.78, 5) is 27.0. The highest BCUT2D eigenvalue weighted by Gasteiger charge is 2.13. The van der Waals surface area contributed by atoms with E-state index in [1.165, 1.54) is 6.08 Å². The number of para-hydroxylation sites is 1. The van der Waals surface area contributed by atoms with Crippen LogP contribution in [0.15, 0.2) is 60.8 Å². The molecule has 3 aromatic rings. The number of hydrogen-bond donors (Lipinski definition) is 1. The fraction of sp³-hybridized carbons (Fsp3) is 0.100. The number of methoxy groups -OCH3 is 1. The van der Waals surface area contributed by atoms with Gasteiger partial charge in [-0.3, -0.25) is 4.79 Å². The van der Waals surface area contributed by atoms with Gasteiger partial charge in [-0.15, -0.1) is 0 Å². The summed E-state index contributed by atoms with van der Waals surface area (Å²) >= 11 is 0. The third-order valence-corrected chi connectivity index (χ3v) is 3.76. The van der Waals surface area contributed by atoms with E-state index >= 15 is 0 Å². The van der Waals surface area contributed by atoms with E-state index in [-0.39, 0.29) is 12.4 Å². The molecule has 5 nitrogen and oxygen atoms in total. The van der Waals surface area contributed by atoms with Gasteiger partial charge in [0.1, 0.15) is 5.75 Å². The van der Waals surface area contributed by atoms with E-state index in [2.05, 4.69) is 4.98 Å². The first kappa shape index (κ1) is 16.5. The summed E-state index contributed by atoms with van der Waals surface area (Å²) in [7, 11) is 1.59. The molecule has 0 aliphatic carbocycles. The summed E-state index contributed by atoms with van der Waals surface area (Å²) < 4.78 is 10.1. The van der Waals surface area contributed by atoms with Crippen LogP contribution in [-0.4, -0.2) is 30.5 Å². The molecule has 0 atom stereocenters. The number of aromatic amines is 1. The molecule has 0 unspecified atom stereocenters. The fourth-order valence-corrected chi connectivity index (χ4v) is 2.44. The molecule has 3 rings (SSSR count). The Morgan fingerprint density at radius 3 is 2.60 bits per heavy atom. The topological polar surface area (TPSA) is 68.4 Å². The van der Waals surface area contributed by atoms with Crippen LogP contribution in [0.5, 0.6) is 5.75 Å². The third kappa shape index (κ3) is 3.95. The maximum atomic E-state index is 12.2. The minimum Gasteiger partial charge on any atom is -0.497 e. The van der Waals surface area contributed by atoms with Crippen LogP contribution in [0.4, 0.5) is 0 Å². The van der Waals surface area contributed by atoms with Gasteiger partial charge in [0.25, 0.3) is 0 Å². The van der Waals surface area contributed by atoms with E-state index in [1.54, 1.807) is 31.5 Å². The average Bonchev–Trinajstić information content (AvgIpc) is 3.09. The molecule has 0 radical (unpaired) electrons. The molecule has 0 fully saturated rings. The molecule has 0 amide bonds. The molecule has 0 spiro atoms. The third-order valence-electron chi connectivity index (χ3n) is 3.76. The molecular weight excluding hydrogens is 318 g/mol. The zero-order chi connectivity index (χ0) is 17.6. The Morgan fingerprint density at radius 2 is 1.84 bits per heavy atom. The summed E-state index contributed by atoms with van der Waals surface area (Å²) in [6.07, 6.45) is 4.55. The summed E-state index contributed by atoms with van der Waals surface area (Å²) in [6, 6.07) is 14.7. The van der Waals surface area contributed by atoms with Crippen LogP contribution in [0.3, 0.4) is 0 Å². The first-order valence-electron chi connectivity index (χ1n) is 7.75. The van der Waals surface area contributed by atoms with Gasteiger partial charge in [0.2, 0.25) is 5.78 Å². The van der Waals surface area contributed by atoms with Gasteiger partial charge in [0.15, 0.2) is 6.61 Å². The Kier molecular flexibility index (Phi) is 4.95.